The number of methoxy groups -OCH3 is 1. The van der Waals surface area contributed by atoms with Crippen LogP contribution in [0.15, 0.2) is 57.9 Å². The summed E-state index contributed by atoms with van der Waals surface area (Å²) in [7, 11) is -2.66. The van der Waals surface area contributed by atoms with Crippen LogP contribution < -0.4 is 10.6 Å². The summed E-state index contributed by atoms with van der Waals surface area (Å²) in [4.78, 5) is 25.1. The van der Waals surface area contributed by atoms with Crippen molar-refractivity contribution < 1.29 is 33.0 Å². The standard InChI is InChI=1S/C29H42BrN3O7S/c1-20(2)17-33(41(38,39)25-14-12-22(18-34)13-15-25)24(19-35)10-7-8-21(3)31-28(36)27(32-29(37)40-4)16-23-9-5-6-11-26(23)30/h5-6,9,11-15,20-21,24,27,34-35H,7-8,10,16-19H2,1-4H3,(H,31,36)(H,32,37)/t21-,24-,27-/m0/s1. The Kier molecular flexibility index (Phi) is 14.2. The molecule has 2 rings (SSSR count). The molecule has 0 fully saturated rings. The summed E-state index contributed by atoms with van der Waals surface area (Å²) < 4.78 is 33.9. The van der Waals surface area contributed by atoms with E-state index < -0.39 is 28.2 Å². The molecule has 10 nitrogen and oxygen atoms in total. The van der Waals surface area contributed by atoms with Crippen LogP contribution in [0.3, 0.4) is 0 Å². The Balaban J connectivity index is 2.06. The summed E-state index contributed by atoms with van der Waals surface area (Å²) in [5.74, 6) is -0.342. The number of carbonyl (C=O) groups excluding carboxylic acids is 2. The predicted molar refractivity (Wildman–Crippen MR) is 161 cm³/mol. The van der Waals surface area contributed by atoms with Crippen LogP contribution in [0.2, 0.25) is 0 Å². The molecule has 228 valence electrons. The molecular weight excluding hydrogens is 614 g/mol. The van der Waals surface area contributed by atoms with Gasteiger partial charge in [0.1, 0.15) is 6.04 Å². The quantitative estimate of drug-likeness (QED) is 0.216. The summed E-state index contributed by atoms with van der Waals surface area (Å²) in [6, 6.07) is 11.7. The number of carbonyl (C=O) groups is 2. The molecule has 0 radical (unpaired) electrons. The maximum Gasteiger partial charge on any atom is 0.407 e. The van der Waals surface area contributed by atoms with Gasteiger partial charge < -0.3 is 25.6 Å². The number of aliphatic hydroxyl groups is 2. The first-order valence-electron chi connectivity index (χ1n) is 13.6. The van der Waals surface area contributed by atoms with Crippen molar-refractivity contribution in [2.45, 2.75) is 76.1 Å². The smallest absolute Gasteiger partial charge is 0.407 e. The van der Waals surface area contributed by atoms with Gasteiger partial charge in [0.2, 0.25) is 15.9 Å². The van der Waals surface area contributed by atoms with Crippen LogP contribution in [0, 0.1) is 5.92 Å². The second-order valence-corrected chi connectivity index (χ2v) is 13.2. The number of amides is 2. The Bertz CT molecular complexity index is 1230. The number of rotatable bonds is 16. The molecule has 0 aliphatic heterocycles. The van der Waals surface area contributed by atoms with Crippen molar-refractivity contribution in [2.75, 3.05) is 20.3 Å². The molecule has 0 saturated heterocycles. The Morgan fingerprint density at radius 2 is 1.66 bits per heavy atom. The second-order valence-electron chi connectivity index (χ2n) is 10.4. The van der Waals surface area contributed by atoms with E-state index in [4.69, 9.17) is 4.74 Å². The van der Waals surface area contributed by atoms with Gasteiger partial charge in [0, 0.05) is 29.5 Å². The predicted octanol–water partition coefficient (Wildman–Crippen LogP) is 3.59. The molecular formula is C29H42BrN3O7S. The Morgan fingerprint density at radius 3 is 2.22 bits per heavy atom. The number of halogens is 1. The summed E-state index contributed by atoms with van der Waals surface area (Å²) in [5.41, 5.74) is 1.45. The van der Waals surface area contributed by atoms with E-state index in [1.54, 1.807) is 12.1 Å². The molecule has 41 heavy (non-hydrogen) atoms. The topological polar surface area (TPSA) is 145 Å². The van der Waals surface area contributed by atoms with Crippen molar-refractivity contribution in [3.05, 3.63) is 64.1 Å². The lowest BCUT2D eigenvalue weighted by Gasteiger charge is -2.31. The van der Waals surface area contributed by atoms with Crippen LogP contribution in [-0.2, 0) is 32.6 Å². The third-order valence-corrected chi connectivity index (χ3v) is 9.32. The van der Waals surface area contributed by atoms with Crippen LogP contribution in [0.5, 0.6) is 0 Å². The van der Waals surface area contributed by atoms with Crippen molar-refractivity contribution in [3.8, 4) is 0 Å². The molecule has 2 aromatic rings. The van der Waals surface area contributed by atoms with Crippen LogP contribution >= 0.6 is 15.9 Å². The average Bonchev–Trinajstić information content (AvgIpc) is 2.94. The third-order valence-electron chi connectivity index (χ3n) is 6.61. The summed E-state index contributed by atoms with van der Waals surface area (Å²) >= 11 is 3.47. The lowest BCUT2D eigenvalue weighted by molar-refractivity contribution is -0.123. The molecule has 0 unspecified atom stereocenters. The lowest BCUT2D eigenvalue weighted by Crippen LogP contribution is -2.50. The molecule has 0 saturated carbocycles. The fourth-order valence-corrected chi connectivity index (χ4v) is 6.66. The largest absolute Gasteiger partial charge is 0.453 e. The minimum atomic E-state index is -3.89. The molecule has 2 aromatic carbocycles. The molecule has 0 heterocycles. The summed E-state index contributed by atoms with van der Waals surface area (Å²) in [5, 5.41) is 25.0. The molecule has 2 amide bonds. The molecule has 0 bridgehead atoms. The monoisotopic (exact) mass is 655 g/mol. The van der Waals surface area contributed by atoms with E-state index in [9.17, 15) is 28.2 Å². The number of ether oxygens (including phenoxy) is 1. The van der Waals surface area contributed by atoms with Crippen LogP contribution in [0.25, 0.3) is 0 Å². The number of sulfonamides is 1. The van der Waals surface area contributed by atoms with Gasteiger partial charge >= 0.3 is 6.09 Å². The zero-order valence-corrected chi connectivity index (χ0v) is 26.4. The van der Waals surface area contributed by atoms with E-state index in [-0.39, 0.29) is 48.9 Å². The number of aliphatic hydroxyl groups excluding tert-OH is 2. The zero-order valence-electron chi connectivity index (χ0n) is 24.0. The maximum absolute atomic E-state index is 13.5. The van der Waals surface area contributed by atoms with E-state index in [0.717, 1.165) is 10.0 Å². The van der Waals surface area contributed by atoms with E-state index in [2.05, 4.69) is 26.6 Å². The van der Waals surface area contributed by atoms with Gasteiger partial charge in [-0.3, -0.25) is 4.79 Å². The first-order chi connectivity index (χ1) is 19.4. The van der Waals surface area contributed by atoms with Gasteiger partial charge in [-0.15, -0.1) is 0 Å². The Labute approximate surface area is 251 Å². The Morgan fingerprint density at radius 1 is 1.00 bits per heavy atom. The van der Waals surface area contributed by atoms with Crippen molar-refractivity contribution in [1.82, 2.24) is 14.9 Å². The van der Waals surface area contributed by atoms with Crippen LogP contribution in [-0.4, -0.2) is 73.3 Å². The first kappa shape index (κ1) is 34.7. The normalized spacial score (nSPS) is 14.0. The SMILES string of the molecule is COC(=O)N[C@@H](Cc1ccccc1Br)C(=O)N[C@@H](C)CCC[C@@H](CO)N(CC(C)C)S(=O)(=O)c1ccc(CO)cc1. The minimum absolute atomic E-state index is 0.0256. The van der Waals surface area contributed by atoms with E-state index in [1.165, 1.54) is 23.5 Å². The Hall–Kier alpha value is -2.51. The van der Waals surface area contributed by atoms with Crippen LogP contribution in [0.4, 0.5) is 4.79 Å². The number of nitrogens with zero attached hydrogens (tertiary/aromatic N) is 1. The molecule has 0 spiro atoms. The van der Waals surface area contributed by atoms with Gasteiger partial charge in [-0.2, -0.15) is 4.31 Å². The van der Waals surface area contributed by atoms with Crippen LogP contribution in [0.1, 0.15) is 51.2 Å². The number of alkyl carbamates (subject to hydrolysis) is 1. The maximum atomic E-state index is 13.5. The second kappa shape index (κ2) is 16.8. The van der Waals surface area contributed by atoms with Crippen molar-refractivity contribution >= 4 is 38.0 Å². The molecule has 0 aliphatic rings. The lowest BCUT2D eigenvalue weighted by atomic mass is 10.0. The fraction of sp³-hybridized carbons (Fsp3) is 0.517. The molecule has 4 N–H and O–H groups in total. The first-order valence-corrected chi connectivity index (χ1v) is 15.9. The van der Waals surface area contributed by atoms with Crippen molar-refractivity contribution in [3.63, 3.8) is 0 Å². The average molecular weight is 657 g/mol. The highest BCUT2D eigenvalue weighted by Crippen LogP contribution is 2.23. The van der Waals surface area contributed by atoms with E-state index in [1.807, 2.05) is 45.0 Å². The highest BCUT2D eigenvalue weighted by Gasteiger charge is 2.32. The minimum Gasteiger partial charge on any atom is -0.453 e. The number of benzene rings is 2. The van der Waals surface area contributed by atoms with Gasteiger partial charge in [-0.05, 0) is 61.4 Å². The highest BCUT2D eigenvalue weighted by molar-refractivity contribution is 9.10. The summed E-state index contributed by atoms with van der Waals surface area (Å²) in [6.45, 7) is 5.36. The molecule has 3 atom stereocenters. The van der Waals surface area contributed by atoms with Crippen molar-refractivity contribution in [2.24, 2.45) is 5.92 Å². The third kappa shape index (κ3) is 10.7. The van der Waals surface area contributed by atoms with Gasteiger partial charge in [0.05, 0.1) is 25.2 Å². The molecule has 0 aliphatic carbocycles. The van der Waals surface area contributed by atoms with E-state index >= 15 is 0 Å². The summed E-state index contributed by atoms with van der Waals surface area (Å²) in [6.07, 6.45) is 0.997. The highest BCUT2D eigenvalue weighted by atomic mass is 79.9. The van der Waals surface area contributed by atoms with Crippen molar-refractivity contribution in [1.29, 1.82) is 0 Å². The van der Waals surface area contributed by atoms with Gasteiger partial charge in [0.15, 0.2) is 0 Å². The number of nitrogens with one attached hydrogen (secondary N) is 2. The number of hydrogen-bond acceptors (Lipinski definition) is 7. The molecule has 12 heteroatoms. The fourth-order valence-electron chi connectivity index (χ4n) is 4.40. The zero-order chi connectivity index (χ0) is 30.6. The van der Waals surface area contributed by atoms with E-state index in [0.29, 0.717) is 24.8 Å². The van der Waals surface area contributed by atoms with Gasteiger partial charge in [-0.25, -0.2) is 13.2 Å². The van der Waals surface area contributed by atoms with Gasteiger partial charge in [0.25, 0.3) is 0 Å². The van der Waals surface area contributed by atoms with Gasteiger partial charge in [-0.1, -0.05) is 60.1 Å². The number of hydrogen-bond donors (Lipinski definition) is 4. The molecule has 0 aromatic heterocycles.